The van der Waals surface area contributed by atoms with Gasteiger partial charge in [-0.25, -0.2) is 23.1 Å². The van der Waals surface area contributed by atoms with E-state index in [4.69, 9.17) is 0 Å². The van der Waals surface area contributed by atoms with Gasteiger partial charge in [-0.2, -0.15) is 0 Å². The third kappa shape index (κ3) is 3.25. The van der Waals surface area contributed by atoms with Crippen LogP contribution in [-0.2, 0) is 10.0 Å². The van der Waals surface area contributed by atoms with Crippen LogP contribution in [0, 0.1) is 12.8 Å². The van der Waals surface area contributed by atoms with Crippen molar-refractivity contribution in [2.45, 2.75) is 30.7 Å². The van der Waals surface area contributed by atoms with Gasteiger partial charge in [-0.15, -0.1) is 0 Å². The van der Waals surface area contributed by atoms with Crippen LogP contribution in [0.3, 0.4) is 0 Å². The van der Waals surface area contributed by atoms with E-state index in [1.54, 1.807) is 24.5 Å². The molecule has 1 atom stereocenters. The largest absolute Gasteiger partial charge is 0.263 e. The molecule has 110 valence electrons. The van der Waals surface area contributed by atoms with E-state index in [0.29, 0.717) is 5.82 Å². The summed E-state index contributed by atoms with van der Waals surface area (Å²) in [4.78, 5) is 12.6. The maximum atomic E-state index is 12.4. The molecule has 0 aliphatic heterocycles. The SMILES string of the molecule is Cc1ccnc([C@@H](NS(=O)(=O)c2cccnc2)C2CC2)n1. The molecular weight excluding hydrogens is 288 g/mol. The zero-order valence-electron chi connectivity index (χ0n) is 11.6. The average Bonchev–Trinajstić information content (AvgIpc) is 3.30. The summed E-state index contributed by atoms with van der Waals surface area (Å²) in [6, 6.07) is 4.54. The highest BCUT2D eigenvalue weighted by molar-refractivity contribution is 7.89. The van der Waals surface area contributed by atoms with Gasteiger partial charge in [0, 0.05) is 24.3 Å². The number of aryl methyl sites for hydroxylation is 1. The van der Waals surface area contributed by atoms with Gasteiger partial charge in [0.25, 0.3) is 0 Å². The van der Waals surface area contributed by atoms with Crippen LogP contribution >= 0.6 is 0 Å². The summed E-state index contributed by atoms with van der Waals surface area (Å²) in [6.07, 6.45) is 6.50. The normalized spacial score (nSPS) is 16.6. The molecule has 2 aromatic heterocycles. The first kappa shape index (κ1) is 14.1. The lowest BCUT2D eigenvalue weighted by Crippen LogP contribution is -2.31. The highest BCUT2D eigenvalue weighted by Crippen LogP contribution is 2.40. The van der Waals surface area contributed by atoms with Crippen molar-refractivity contribution in [3.05, 3.63) is 48.3 Å². The van der Waals surface area contributed by atoms with Crippen LogP contribution in [0.15, 0.2) is 41.7 Å². The van der Waals surface area contributed by atoms with E-state index in [1.165, 1.54) is 12.3 Å². The van der Waals surface area contributed by atoms with Crippen molar-refractivity contribution in [1.82, 2.24) is 19.7 Å². The lowest BCUT2D eigenvalue weighted by molar-refractivity contribution is 0.509. The molecule has 7 heteroatoms. The number of nitrogens with one attached hydrogen (secondary N) is 1. The molecule has 0 bridgehead atoms. The Kier molecular flexibility index (Phi) is 3.69. The van der Waals surface area contributed by atoms with Gasteiger partial charge < -0.3 is 0 Å². The summed E-state index contributed by atoms with van der Waals surface area (Å²) < 4.78 is 27.6. The molecule has 0 unspecified atom stereocenters. The Labute approximate surface area is 123 Å². The van der Waals surface area contributed by atoms with E-state index >= 15 is 0 Å². The van der Waals surface area contributed by atoms with E-state index in [-0.39, 0.29) is 16.9 Å². The molecule has 6 nitrogen and oxygen atoms in total. The summed E-state index contributed by atoms with van der Waals surface area (Å²) in [5.41, 5.74) is 0.825. The van der Waals surface area contributed by atoms with Gasteiger partial charge in [0.2, 0.25) is 10.0 Å². The van der Waals surface area contributed by atoms with Crippen LogP contribution in [-0.4, -0.2) is 23.4 Å². The van der Waals surface area contributed by atoms with Gasteiger partial charge in [-0.05, 0) is 43.9 Å². The number of hydrogen-bond donors (Lipinski definition) is 1. The van der Waals surface area contributed by atoms with Gasteiger partial charge in [-0.1, -0.05) is 0 Å². The Morgan fingerprint density at radius 2 is 2.10 bits per heavy atom. The topological polar surface area (TPSA) is 84.8 Å². The van der Waals surface area contributed by atoms with E-state index in [0.717, 1.165) is 18.5 Å². The van der Waals surface area contributed by atoms with Crippen LogP contribution in [0.2, 0.25) is 0 Å². The molecule has 1 saturated carbocycles. The summed E-state index contributed by atoms with van der Waals surface area (Å²) in [5, 5.41) is 0. The fourth-order valence-corrected chi connectivity index (χ4v) is 3.37. The third-order valence-corrected chi connectivity index (χ3v) is 4.84. The smallest absolute Gasteiger partial charge is 0.242 e. The Hall–Kier alpha value is -1.86. The third-order valence-electron chi connectivity index (χ3n) is 3.41. The Bertz CT molecular complexity index is 730. The van der Waals surface area contributed by atoms with E-state index < -0.39 is 10.0 Å². The molecule has 1 aliphatic carbocycles. The van der Waals surface area contributed by atoms with Gasteiger partial charge in [0.1, 0.15) is 10.7 Å². The second kappa shape index (κ2) is 5.50. The molecule has 0 saturated heterocycles. The number of pyridine rings is 1. The molecule has 0 aromatic carbocycles. The van der Waals surface area contributed by atoms with Crippen molar-refractivity contribution >= 4 is 10.0 Å². The number of aromatic nitrogens is 3. The van der Waals surface area contributed by atoms with Crippen molar-refractivity contribution in [2.24, 2.45) is 5.92 Å². The van der Waals surface area contributed by atoms with Crippen molar-refractivity contribution in [3.63, 3.8) is 0 Å². The molecule has 1 aliphatic rings. The Balaban J connectivity index is 1.90. The lowest BCUT2D eigenvalue weighted by atomic mass is 10.2. The summed E-state index contributed by atoms with van der Waals surface area (Å²) in [7, 11) is -3.62. The van der Waals surface area contributed by atoms with E-state index in [2.05, 4.69) is 19.7 Å². The minimum atomic E-state index is -3.62. The molecule has 1 N–H and O–H groups in total. The summed E-state index contributed by atoms with van der Waals surface area (Å²) in [6.45, 7) is 1.87. The van der Waals surface area contributed by atoms with Crippen LogP contribution in [0.25, 0.3) is 0 Å². The molecule has 21 heavy (non-hydrogen) atoms. The quantitative estimate of drug-likeness (QED) is 0.907. The van der Waals surface area contributed by atoms with Gasteiger partial charge in [-0.3, -0.25) is 4.98 Å². The minimum absolute atomic E-state index is 0.156. The number of nitrogens with zero attached hydrogens (tertiary/aromatic N) is 3. The van der Waals surface area contributed by atoms with Gasteiger partial charge >= 0.3 is 0 Å². The monoisotopic (exact) mass is 304 g/mol. The molecule has 0 radical (unpaired) electrons. The first-order valence-corrected chi connectivity index (χ1v) is 8.26. The highest BCUT2D eigenvalue weighted by Gasteiger charge is 2.37. The minimum Gasteiger partial charge on any atom is -0.263 e. The summed E-state index contributed by atoms with van der Waals surface area (Å²) in [5.74, 6) is 0.795. The molecule has 2 heterocycles. The number of rotatable bonds is 5. The van der Waals surface area contributed by atoms with Crippen molar-refractivity contribution in [2.75, 3.05) is 0 Å². The Morgan fingerprint density at radius 1 is 1.29 bits per heavy atom. The molecule has 0 amide bonds. The van der Waals surface area contributed by atoms with Crippen molar-refractivity contribution in [3.8, 4) is 0 Å². The first-order chi connectivity index (χ1) is 10.1. The zero-order valence-corrected chi connectivity index (χ0v) is 12.4. The standard InChI is InChI=1S/C14H16N4O2S/c1-10-6-8-16-14(17-10)13(11-4-5-11)18-21(19,20)12-3-2-7-15-9-12/h2-3,6-9,11,13,18H,4-5H2,1H3/t13-/m0/s1. The second-order valence-corrected chi connectivity index (χ2v) is 6.90. The fraction of sp³-hybridized carbons (Fsp3) is 0.357. The molecule has 2 aromatic rings. The maximum absolute atomic E-state index is 12.4. The molecular formula is C14H16N4O2S. The molecule has 3 rings (SSSR count). The van der Waals surface area contributed by atoms with Crippen molar-refractivity contribution < 1.29 is 8.42 Å². The summed E-state index contributed by atoms with van der Waals surface area (Å²) >= 11 is 0. The van der Waals surface area contributed by atoms with Crippen LogP contribution < -0.4 is 4.72 Å². The highest BCUT2D eigenvalue weighted by atomic mass is 32.2. The zero-order chi connectivity index (χ0) is 14.9. The van der Waals surface area contributed by atoms with Crippen molar-refractivity contribution in [1.29, 1.82) is 0 Å². The van der Waals surface area contributed by atoms with Crippen LogP contribution in [0.5, 0.6) is 0 Å². The van der Waals surface area contributed by atoms with Crippen LogP contribution in [0.1, 0.15) is 30.4 Å². The van der Waals surface area contributed by atoms with Crippen LogP contribution in [0.4, 0.5) is 0 Å². The second-order valence-electron chi connectivity index (χ2n) is 5.18. The van der Waals surface area contributed by atoms with Gasteiger partial charge in [0.15, 0.2) is 0 Å². The lowest BCUT2D eigenvalue weighted by Gasteiger charge is -2.17. The average molecular weight is 304 g/mol. The molecule has 0 spiro atoms. The predicted octanol–water partition coefficient (Wildman–Crippen LogP) is 1.61. The maximum Gasteiger partial charge on any atom is 0.242 e. The first-order valence-electron chi connectivity index (χ1n) is 6.78. The van der Waals surface area contributed by atoms with Gasteiger partial charge in [0.05, 0.1) is 6.04 Å². The Morgan fingerprint density at radius 3 is 2.71 bits per heavy atom. The van der Waals surface area contributed by atoms with E-state index in [9.17, 15) is 8.42 Å². The predicted molar refractivity (Wildman–Crippen MR) is 76.8 cm³/mol. The molecule has 1 fully saturated rings. The van der Waals surface area contributed by atoms with E-state index in [1.807, 2.05) is 6.92 Å². The fourth-order valence-electron chi connectivity index (χ4n) is 2.15. The number of sulfonamides is 1. The number of hydrogen-bond acceptors (Lipinski definition) is 5.